The van der Waals surface area contributed by atoms with Crippen LogP contribution in [0.4, 0.5) is 4.39 Å². The van der Waals surface area contributed by atoms with Crippen LogP contribution in [0.3, 0.4) is 0 Å². The molecular weight excluding hydrogens is 319 g/mol. The maximum Gasteiger partial charge on any atom is 0.223 e. The van der Waals surface area contributed by atoms with E-state index in [1.165, 1.54) is 18.6 Å². The van der Waals surface area contributed by atoms with Gasteiger partial charge in [-0.3, -0.25) is 9.79 Å². The zero-order chi connectivity index (χ0) is 18.1. The summed E-state index contributed by atoms with van der Waals surface area (Å²) in [5.74, 6) is 0.879. The van der Waals surface area contributed by atoms with Crippen LogP contribution in [0.1, 0.15) is 37.7 Å². The first-order chi connectivity index (χ1) is 12.1. The standard InChI is InChI=1S/C19H29FN4O/c1-21-19(24(2)14-15-8-10-17(20)11-9-15)23-13-12-22-18(25)16-6-4-3-5-7-16/h8-11,16H,3-7,12-14H2,1-2H3,(H,21,23)(H,22,25). The van der Waals surface area contributed by atoms with Crippen molar-refractivity contribution in [2.24, 2.45) is 10.9 Å². The van der Waals surface area contributed by atoms with E-state index in [1.807, 2.05) is 11.9 Å². The Morgan fingerprint density at radius 1 is 1.16 bits per heavy atom. The minimum Gasteiger partial charge on any atom is -0.354 e. The molecule has 0 aliphatic heterocycles. The Balaban J connectivity index is 1.70. The summed E-state index contributed by atoms with van der Waals surface area (Å²) in [7, 11) is 3.66. The lowest BCUT2D eigenvalue weighted by molar-refractivity contribution is -0.125. The van der Waals surface area contributed by atoms with E-state index in [0.29, 0.717) is 19.6 Å². The van der Waals surface area contributed by atoms with Crippen molar-refractivity contribution in [2.45, 2.75) is 38.6 Å². The largest absolute Gasteiger partial charge is 0.354 e. The number of hydrogen-bond donors (Lipinski definition) is 2. The third-order valence-electron chi connectivity index (χ3n) is 4.59. The molecule has 0 aromatic heterocycles. The smallest absolute Gasteiger partial charge is 0.223 e. The van der Waals surface area contributed by atoms with Gasteiger partial charge in [-0.15, -0.1) is 0 Å². The molecule has 0 bridgehead atoms. The molecule has 1 amide bonds. The number of nitrogens with one attached hydrogen (secondary N) is 2. The van der Waals surface area contributed by atoms with E-state index < -0.39 is 0 Å². The molecule has 0 spiro atoms. The van der Waals surface area contributed by atoms with E-state index >= 15 is 0 Å². The third-order valence-corrected chi connectivity index (χ3v) is 4.59. The summed E-state index contributed by atoms with van der Waals surface area (Å²) in [6.07, 6.45) is 5.61. The highest BCUT2D eigenvalue weighted by Crippen LogP contribution is 2.23. The van der Waals surface area contributed by atoms with Gasteiger partial charge in [0.2, 0.25) is 5.91 Å². The van der Waals surface area contributed by atoms with Crippen molar-refractivity contribution in [1.29, 1.82) is 0 Å². The van der Waals surface area contributed by atoms with E-state index in [2.05, 4.69) is 15.6 Å². The summed E-state index contributed by atoms with van der Waals surface area (Å²) in [6.45, 7) is 1.84. The van der Waals surface area contributed by atoms with Gasteiger partial charge < -0.3 is 15.5 Å². The van der Waals surface area contributed by atoms with Crippen LogP contribution >= 0.6 is 0 Å². The van der Waals surface area contributed by atoms with Crippen LogP contribution in [0, 0.1) is 11.7 Å². The van der Waals surface area contributed by atoms with Crippen molar-refractivity contribution in [2.75, 3.05) is 27.2 Å². The SMILES string of the molecule is CN=C(NCCNC(=O)C1CCCCC1)N(C)Cc1ccc(F)cc1. The minimum absolute atomic E-state index is 0.177. The number of benzene rings is 1. The summed E-state index contributed by atoms with van der Waals surface area (Å²) >= 11 is 0. The second-order valence-electron chi connectivity index (χ2n) is 6.58. The van der Waals surface area contributed by atoms with E-state index in [4.69, 9.17) is 0 Å². The molecule has 0 heterocycles. The van der Waals surface area contributed by atoms with Gasteiger partial charge >= 0.3 is 0 Å². The fourth-order valence-corrected chi connectivity index (χ4v) is 3.19. The molecule has 0 saturated heterocycles. The van der Waals surface area contributed by atoms with E-state index in [9.17, 15) is 9.18 Å². The van der Waals surface area contributed by atoms with Crippen LogP contribution in [0.2, 0.25) is 0 Å². The van der Waals surface area contributed by atoms with Crippen molar-refractivity contribution in [1.82, 2.24) is 15.5 Å². The summed E-state index contributed by atoms with van der Waals surface area (Å²) in [6, 6.07) is 6.45. The molecule has 1 fully saturated rings. The van der Waals surface area contributed by atoms with Gasteiger partial charge in [-0.05, 0) is 30.5 Å². The molecule has 1 aromatic carbocycles. The Morgan fingerprint density at radius 2 is 1.80 bits per heavy atom. The number of halogens is 1. The van der Waals surface area contributed by atoms with Gasteiger partial charge in [0.1, 0.15) is 5.82 Å². The highest BCUT2D eigenvalue weighted by molar-refractivity contribution is 5.80. The Hall–Kier alpha value is -2.11. The lowest BCUT2D eigenvalue weighted by Crippen LogP contribution is -2.43. The van der Waals surface area contributed by atoms with Crippen molar-refractivity contribution in [3.05, 3.63) is 35.6 Å². The molecule has 6 heteroatoms. The molecule has 138 valence electrons. The Kier molecular flexibility index (Phi) is 7.70. The molecule has 1 aliphatic rings. The fourth-order valence-electron chi connectivity index (χ4n) is 3.19. The molecule has 1 saturated carbocycles. The summed E-state index contributed by atoms with van der Waals surface area (Å²) < 4.78 is 13.0. The van der Waals surface area contributed by atoms with Crippen LogP contribution in [0.15, 0.2) is 29.3 Å². The fraction of sp³-hybridized carbons (Fsp3) is 0.579. The van der Waals surface area contributed by atoms with Crippen molar-refractivity contribution in [3.63, 3.8) is 0 Å². The van der Waals surface area contributed by atoms with Crippen LogP contribution in [-0.4, -0.2) is 44.0 Å². The Bertz CT molecular complexity index is 567. The van der Waals surface area contributed by atoms with Crippen LogP contribution in [0.5, 0.6) is 0 Å². The molecule has 2 rings (SSSR count). The average molecular weight is 348 g/mol. The molecule has 1 aromatic rings. The number of nitrogens with zero attached hydrogens (tertiary/aromatic N) is 2. The Labute approximate surface area is 149 Å². The molecule has 2 N–H and O–H groups in total. The molecule has 25 heavy (non-hydrogen) atoms. The van der Waals surface area contributed by atoms with Gasteiger partial charge in [0.25, 0.3) is 0 Å². The van der Waals surface area contributed by atoms with Gasteiger partial charge in [0, 0.05) is 39.6 Å². The second-order valence-corrected chi connectivity index (χ2v) is 6.58. The predicted molar refractivity (Wildman–Crippen MR) is 98.8 cm³/mol. The van der Waals surface area contributed by atoms with E-state index in [-0.39, 0.29) is 17.6 Å². The van der Waals surface area contributed by atoms with Crippen molar-refractivity contribution >= 4 is 11.9 Å². The Morgan fingerprint density at radius 3 is 2.44 bits per heavy atom. The minimum atomic E-state index is -0.234. The summed E-state index contributed by atoms with van der Waals surface area (Å²) in [5.41, 5.74) is 1.01. The number of carbonyl (C=O) groups is 1. The lowest BCUT2D eigenvalue weighted by Gasteiger charge is -2.23. The zero-order valence-electron chi connectivity index (χ0n) is 15.2. The summed E-state index contributed by atoms with van der Waals surface area (Å²) in [4.78, 5) is 18.3. The topological polar surface area (TPSA) is 56.7 Å². The first-order valence-electron chi connectivity index (χ1n) is 9.04. The number of guanidine groups is 1. The highest BCUT2D eigenvalue weighted by Gasteiger charge is 2.20. The zero-order valence-corrected chi connectivity index (χ0v) is 15.2. The van der Waals surface area contributed by atoms with Crippen LogP contribution < -0.4 is 10.6 Å². The maximum atomic E-state index is 13.0. The molecular formula is C19H29FN4O. The third kappa shape index (κ3) is 6.36. The lowest BCUT2D eigenvalue weighted by atomic mass is 9.89. The van der Waals surface area contributed by atoms with Crippen LogP contribution in [-0.2, 0) is 11.3 Å². The van der Waals surface area contributed by atoms with E-state index in [0.717, 1.165) is 37.2 Å². The molecule has 0 unspecified atom stereocenters. The number of hydrogen-bond acceptors (Lipinski definition) is 2. The van der Waals surface area contributed by atoms with Gasteiger partial charge in [-0.1, -0.05) is 31.4 Å². The molecule has 0 atom stereocenters. The van der Waals surface area contributed by atoms with Gasteiger partial charge in [-0.25, -0.2) is 4.39 Å². The normalized spacial score (nSPS) is 15.7. The first kappa shape index (κ1) is 19.2. The number of rotatable bonds is 6. The highest BCUT2D eigenvalue weighted by atomic mass is 19.1. The van der Waals surface area contributed by atoms with Gasteiger partial charge in [-0.2, -0.15) is 0 Å². The molecule has 0 radical (unpaired) electrons. The number of carbonyl (C=O) groups excluding carboxylic acids is 1. The number of amides is 1. The first-order valence-corrected chi connectivity index (χ1v) is 9.04. The van der Waals surface area contributed by atoms with Gasteiger partial charge in [0.05, 0.1) is 0 Å². The number of aliphatic imine (C=N–C) groups is 1. The van der Waals surface area contributed by atoms with Crippen molar-refractivity contribution < 1.29 is 9.18 Å². The predicted octanol–water partition coefficient (Wildman–Crippen LogP) is 2.53. The average Bonchev–Trinajstić information content (AvgIpc) is 2.64. The quantitative estimate of drug-likeness (QED) is 0.472. The molecule has 1 aliphatic carbocycles. The van der Waals surface area contributed by atoms with Crippen molar-refractivity contribution in [3.8, 4) is 0 Å². The molecule has 5 nitrogen and oxygen atoms in total. The summed E-state index contributed by atoms with van der Waals surface area (Å²) in [5, 5.41) is 6.26. The van der Waals surface area contributed by atoms with Crippen LogP contribution in [0.25, 0.3) is 0 Å². The second kappa shape index (κ2) is 10.0. The maximum absolute atomic E-state index is 13.0. The monoisotopic (exact) mass is 348 g/mol. The van der Waals surface area contributed by atoms with E-state index in [1.54, 1.807) is 19.2 Å². The van der Waals surface area contributed by atoms with Gasteiger partial charge in [0.15, 0.2) is 5.96 Å².